The highest BCUT2D eigenvalue weighted by Crippen LogP contribution is 2.10. The third-order valence-electron chi connectivity index (χ3n) is 2.61. The van der Waals surface area contributed by atoms with E-state index in [2.05, 4.69) is 10.3 Å². The molecule has 1 fully saturated rings. The highest BCUT2D eigenvalue weighted by molar-refractivity contribution is 5.93. The average Bonchev–Trinajstić information content (AvgIpc) is 2.78. The lowest BCUT2D eigenvalue weighted by molar-refractivity contribution is 0.0945. The van der Waals surface area contributed by atoms with Crippen molar-refractivity contribution in [1.29, 1.82) is 0 Å². The molecule has 1 amide bonds. The number of H-pyrrole nitrogens is 1. The summed E-state index contributed by atoms with van der Waals surface area (Å²) in [7, 11) is 0. The molecule has 1 atom stereocenters. The van der Waals surface area contributed by atoms with Gasteiger partial charge in [0.25, 0.3) is 5.91 Å². The fourth-order valence-corrected chi connectivity index (χ4v) is 1.67. The van der Waals surface area contributed by atoms with Crippen LogP contribution in [0.4, 0.5) is 0 Å². The number of hydrogen-bond acceptors (Lipinski definition) is 3. The number of nitrogens with one attached hydrogen (secondary N) is 2. The summed E-state index contributed by atoms with van der Waals surface area (Å²) in [6.45, 7) is 2.08. The number of carbonyl (C=O) groups is 1. The Morgan fingerprint density at radius 2 is 2.50 bits per heavy atom. The van der Waals surface area contributed by atoms with Crippen molar-refractivity contribution in [3.05, 3.63) is 34.2 Å². The molecule has 0 spiro atoms. The number of aromatic nitrogens is 1. The Balaban J connectivity index is 1.90. The van der Waals surface area contributed by atoms with Crippen LogP contribution in [0.25, 0.3) is 0 Å². The second-order valence-corrected chi connectivity index (χ2v) is 3.88. The van der Waals surface area contributed by atoms with Crippen molar-refractivity contribution in [2.75, 3.05) is 19.8 Å². The summed E-state index contributed by atoms with van der Waals surface area (Å²) in [5, 5.41) is 2.80. The molecule has 5 nitrogen and oxygen atoms in total. The molecule has 0 radical (unpaired) electrons. The van der Waals surface area contributed by atoms with Crippen LogP contribution in [0.1, 0.15) is 16.8 Å². The van der Waals surface area contributed by atoms with E-state index in [-0.39, 0.29) is 11.5 Å². The molecule has 0 saturated carbocycles. The molecule has 0 aliphatic carbocycles. The molecule has 86 valence electrons. The summed E-state index contributed by atoms with van der Waals surface area (Å²) in [4.78, 5) is 25.1. The minimum Gasteiger partial charge on any atom is -0.381 e. The first-order chi connectivity index (χ1) is 7.75. The summed E-state index contributed by atoms with van der Waals surface area (Å²) in [6, 6.07) is 2.88. The SMILES string of the molecule is O=C(NCC1CCOC1)c1cc[nH]c(=O)c1. The largest absolute Gasteiger partial charge is 0.381 e. The Hall–Kier alpha value is -1.62. The standard InChI is InChI=1S/C11H14N2O3/c14-10-5-9(1-3-12-10)11(15)13-6-8-2-4-16-7-8/h1,3,5,8H,2,4,6-7H2,(H,12,14)(H,13,15). The Bertz CT molecular complexity index is 421. The fraction of sp³-hybridized carbons (Fsp3) is 0.455. The summed E-state index contributed by atoms with van der Waals surface area (Å²) in [5.74, 6) is 0.184. The van der Waals surface area contributed by atoms with Gasteiger partial charge in [0.05, 0.1) is 6.61 Å². The van der Waals surface area contributed by atoms with Gasteiger partial charge < -0.3 is 15.0 Å². The van der Waals surface area contributed by atoms with E-state index in [1.807, 2.05) is 0 Å². The van der Waals surface area contributed by atoms with Crippen LogP contribution < -0.4 is 10.9 Å². The number of carbonyl (C=O) groups excluding carboxylic acids is 1. The molecule has 1 unspecified atom stereocenters. The van der Waals surface area contributed by atoms with Crippen molar-refractivity contribution in [3.63, 3.8) is 0 Å². The Kier molecular flexibility index (Phi) is 3.36. The first-order valence-corrected chi connectivity index (χ1v) is 5.30. The van der Waals surface area contributed by atoms with Crippen LogP contribution in [-0.4, -0.2) is 30.6 Å². The minimum absolute atomic E-state index is 0.210. The summed E-state index contributed by atoms with van der Waals surface area (Å²) in [5.41, 5.74) is 0.125. The third kappa shape index (κ3) is 2.70. The number of ether oxygens (including phenoxy) is 1. The second kappa shape index (κ2) is 4.94. The summed E-state index contributed by atoms with van der Waals surface area (Å²) in [6.07, 6.45) is 2.45. The maximum atomic E-state index is 11.6. The molecular weight excluding hydrogens is 208 g/mol. The molecule has 1 aromatic rings. The highest BCUT2D eigenvalue weighted by Gasteiger charge is 2.16. The van der Waals surface area contributed by atoms with Crippen LogP contribution in [0.3, 0.4) is 0 Å². The van der Waals surface area contributed by atoms with Crippen LogP contribution in [0, 0.1) is 5.92 Å². The first-order valence-electron chi connectivity index (χ1n) is 5.30. The molecule has 5 heteroatoms. The number of pyridine rings is 1. The van der Waals surface area contributed by atoms with Gasteiger partial charge in [-0.15, -0.1) is 0 Å². The Morgan fingerprint density at radius 3 is 3.19 bits per heavy atom. The van der Waals surface area contributed by atoms with Crippen molar-refractivity contribution in [2.24, 2.45) is 5.92 Å². The van der Waals surface area contributed by atoms with Crippen molar-refractivity contribution in [1.82, 2.24) is 10.3 Å². The molecule has 16 heavy (non-hydrogen) atoms. The van der Waals surface area contributed by atoms with E-state index in [0.717, 1.165) is 13.0 Å². The highest BCUT2D eigenvalue weighted by atomic mass is 16.5. The number of rotatable bonds is 3. The van der Waals surface area contributed by atoms with Crippen molar-refractivity contribution < 1.29 is 9.53 Å². The Morgan fingerprint density at radius 1 is 1.62 bits per heavy atom. The van der Waals surface area contributed by atoms with Gasteiger partial charge in [0.1, 0.15) is 0 Å². The van der Waals surface area contributed by atoms with Gasteiger partial charge in [-0.1, -0.05) is 0 Å². The number of amides is 1. The van der Waals surface area contributed by atoms with Gasteiger partial charge in [-0.3, -0.25) is 9.59 Å². The number of aromatic amines is 1. The van der Waals surface area contributed by atoms with Crippen molar-refractivity contribution in [2.45, 2.75) is 6.42 Å². The Labute approximate surface area is 92.8 Å². The molecule has 1 aliphatic heterocycles. The lowest BCUT2D eigenvalue weighted by Gasteiger charge is -2.08. The van der Waals surface area contributed by atoms with Gasteiger partial charge in [-0.2, -0.15) is 0 Å². The van der Waals surface area contributed by atoms with E-state index >= 15 is 0 Å². The lowest BCUT2D eigenvalue weighted by atomic mass is 10.1. The maximum absolute atomic E-state index is 11.6. The normalized spacial score (nSPS) is 19.6. The number of hydrogen-bond donors (Lipinski definition) is 2. The molecule has 0 aromatic carbocycles. The zero-order valence-electron chi connectivity index (χ0n) is 8.86. The van der Waals surface area contributed by atoms with E-state index in [4.69, 9.17) is 4.74 Å². The van der Waals surface area contributed by atoms with Gasteiger partial charge in [0, 0.05) is 36.9 Å². The minimum atomic E-state index is -0.267. The summed E-state index contributed by atoms with van der Waals surface area (Å²) >= 11 is 0. The van der Waals surface area contributed by atoms with E-state index in [1.165, 1.54) is 12.3 Å². The molecule has 2 N–H and O–H groups in total. The second-order valence-electron chi connectivity index (χ2n) is 3.88. The predicted molar refractivity (Wildman–Crippen MR) is 58.3 cm³/mol. The smallest absolute Gasteiger partial charge is 0.251 e. The topological polar surface area (TPSA) is 71.2 Å². The molecular formula is C11H14N2O3. The van der Waals surface area contributed by atoms with Crippen molar-refractivity contribution >= 4 is 5.91 Å². The molecule has 2 heterocycles. The lowest BCUT2D eigenvalue weighted by Crippen LogP contribution is -2.30. The van der Waals surface area contributed by atoms with Crippen LogP contribution in [0.2, 0.25) is 0 Å². The van der Waals surface area contributed by atoms with Gasteiger partial charge in [0.2, 0.25) is 5.56 Å². The monoisotopic (exact) mass is 222 g/mol. The zero-order chi connectivity index (χ0) is 11.4. The van der Waals surface area contributed by atoms with Gasteiger partial charge in [-0.05, 0) is 12.5 Å². The van der Waals surface area contributed by atoms with Gasteiger partial charge in [0.15, 0.2) is 0 Å². The van der Waals surface area contributed by atoms with E-state index in [1.54, 1.807) is 6.07 Å². The van der Waals surface area contributed by atoms with E-state index in [0.29, 0.717) is 24.6 Å². The quantitative estimate of drug-likeness (QED) is 0.764. The molecule has 2 rings (SSSR count). The molecule has 1 aliphatic rings. The van der Waals surface area contributed by atoms with Crippen molar-refractivity contribution in [3.8, 4) is 0 Å². The van der Waals surface area contributed by atoms with Gasteiger partial charge in [-0.25, -0.2) is 0 Å². The van der Waals surface area contributed by atoms with E-state index < -0.39 is 0 Å². The first kappa shape index (κ1) is 10.9. The summed E-state index contributed by atoms with van der Waals surface area (Å²) < 4.78 is 5.21. The maximum Gasteiger partial charge on any atom is 0.251 e. The van der Waals surface area contributed by atoms with Crippen LogP contribution in [0.15, 0.2) is 23.1 Å². The average molecular weight is 222 g/mol. The molecule has 0 bridgehead atoms. The van der Waals surface area contributed by atoms with E-state index in [9.17, 15) is 9.59 Å². The fourth-order valence-electron chi connectivity index (χ4n) is 1.67. The zero-order valence-corrected chi connectivity index (χ0v) is 8.86. The van der Waals surface area contributed by atoms with Crippen LogP contribution in [-0.2, 0) is 4.74 Å². The van der Waals surface area contributed by atoms with Crippen LogP contribution in [0.5, 0.6) is 0 Å². The third-order valence-corrected chi connectivity index (χ3v) is 2.61. The molecule has 1 saturated heterocycles. The predicted octanol–water partition coefficient (Wildman–Crippen LogP) is 0.141. The van der Waals surface area contributed by atoms with Gasteiger partial charge >= 0.3 is 0 Å². The van der Waals surface area contributed by atoms with Crippen LogP contribution >= 0.6 is 0 Å². The molecule has 1 aromatic heterocycles.